The van der Waals surface area contributed by atoms with Gasteiger partial charge in [0, 0.05) is 63.1 Å². The summed E-state index contributed by atoms with van der Waals surface area (Å²) in [5, 5.41) is 0.802. The molecule has 3 rings (SSSR count). The quantitative estimate of drug-likeness (QED) is 0.295. The molecule has 0 spiro atoms. The van der Waals surface area contributed by atoms with E-state index in [1.54, 1.807) is 0 Å². The van der Waals surface area contributed by atoms with Crippen molar-refractivity contribution in [1.29, 1.82) is 0 Å². The van der Waals surface area contributed by atoms with E-state index in [1.165, 1.54) is 5.69 Å². The largest absolute Gasteiger partial charge is 0.378 e. The van der Waals surface area contributed by atoms with Gasteiger partial charge in [-0.2, -0.15) is 0 Å². The highest BCUT2D eigenvalue weighted by Crippen LogP contribution is 2.20. The number of anilines is 1. The summed E-state index contributed by atoms with van der Waals surface area (Å²) in [7, 11) is 0. The van der Waals surface area contributed by atoms with Crippen LogP contribution in [-0.4, -0.2) is 81.3 Å². The number of hydrogen-bond acceptors (Lipinski definition) is 4. The lowest BCUT2D eigenvalue weighted by atomic mass is 10.2. The number of aliphatic imine (C=N–C) groups is 1. The highest BCUT2D eigenvalue weighted by atomic mass is 127. The minimum Gasteiger partial charge on any atom is -0.378 e. The molecule has 1 aromatic carbocycles. The summed E-state index contributed by atoms with van der Waals surface area (Å²) in [5.41, 5.74) is 7.27. The topological polar surface area (TPSA) is 57.3 Å². The van der Waals surface area contributed by atoms with E-state index in [-0.39, 0.29) is 24.0 Å². The summed E-state index contributed by atoms with van der Waals surface area (Å²) in [5.74, 6) is 0.661. The molecule has 26 heavy (non-hydrogen) atoms. The van der Waals surface area contributed by atoms with Crippen molar-refractivity contribution < 1.29 is 4.74 Å². The van der Waals surface area contributed by atoms with E-state index in [0.29, 0.717) is 5.96 Å². The first-order valence-corrected chi connectivity index (χ1v) is 9.45. The van der Waals surface area contributed by atoms with E-state index in [9.17, 15) is 0 Å². The number of halogens is 2. The molecule has 0 unspecified atom stereocenters. The van der Waals surface area contributed by atoms with Crippen molar-refractivity contribution in [2.24, 2.45) is 10.7 Å². The van der Waals surface area contributed by atoms with Crippen molar-refractivity contribution in [3.05, 3.63) is 29.3 Å². The predicted octanol–water partition coefficient (Wildman–Crippen LogP) is 2.12. The molecule has 0 saturated carbocycles. The Balaban J connectivity index is 0.00000243. The van der Waals surface area contributed by atoms with Crippen molar-refractivity contribution in [3.8, 4) is 0 Å². The molecular weight excluding hydrogens is 465 g/mol. The Kier molecular flexibility index (Phi) is 9.24. The molecule has 2 aliphatic heterocycles. The predicted molar refractivity (Wildman–Crippen MR) is 119 cm³/mol. The molecule has 0 atom stereocenters. The zero-order valence-corrected chi connectivity index (χ0v) is 18.2. The summed E-state index contributed by atoms with van der Waals surface area (Å²) in [6.07, 6.45) is 1.04. The Morgan fingerprint density at radius 3 is 2.54 bits per heavy atom. The van der Waals surface area contributed by atoms with Gasteiger partial charge in [-0.1, -0.05) is 17.7 Å². The molecule has 2 N–H and O–H groups in total. The van der Waals surface area contributed by atoms with Crippen LogP contribution < -0.4 is 10.6 Å². The van der Waals surface area contributed by atoms with Gasteiger partial charge < -0.3 is 20.3 Å². The summed E-state index contributed by atoms with van der Waals surface area (Å²) in [6.45, 7) is 9.28. The van der Waals surface area contributed by atoms with Gasteiger partial charge in [0.25, 0.3) is 0 Å². The molecule has 2 aliphatic rings. The Hall–Kier alpha value is -0.770. The van der Waals surface area contributed by atoms with E-state index in [2.05, 4.69) is 25.8 Å². The zero-order chi connectivity index (χ0) is 17.5. The van der Waals surface area contributed by atoms with Crippen molar-refractivity contribution >= 4 is 47.2 Å². The second-order valence-corrected chi connectivity index (χ2v) is 6.94. The number of nitrogens with zero attached hydrogens (tertiary/aromatic N) is 4. The first-order valence-electron chi connectivity index (χ1n) is 9.08. The Morgan fingerprint density at radius 2 is 1.85 bits per heavy atom. The maximum absolute atomic E-state index is 6.09. The number of nitrogens with two attached hydrogens (primary N) is 1. The van der Waals surface area contributed by atoms with Crippen molar-refractivity contribution in [2.45, 2.75) is 6.42 Å². The first kappa shape index (κ1) is 21.5. The van der Waals surface area contributed by atoms with E-state index in [4.69, 9.17) is 22.1 Å². The number of benzene rings is 1. The number of hydrogen-bond donors (Lipinski definition) is 1. The van der Waals surface area contributed by atoms with E-state index in [0.717, 1.165) is 77.0 Å². The standard InChI is InChI=1S/C18H28ClN5O.HI/c19-16-3-1-4-17(15-16)23-9-7-22(8-10-23)6-2-5-21-18(20)24-11-13-25-14-12-24;/h1,3-4,15H,2,5-14H2,(H2,20,21);1H. The van der Waals surface area contributed by atoms with Crippen LogP contribution in [0.15, 0.2) is 29.3 Å². The van der Waals surface area contributed by atoms with E-state index in [1.807, 2.05) is 18.2 Å². The third kappa shape index (κ3) is 6.44. The molecule has 0 aromatic heterocycles. The molecule has 0 amide bonds. The second kappa shape index (κ2) is 11.2. The summed E-state index contributed by atoms with van der Waals surface area (Å²) in [6, 6.07) is 8.11. The Bertz CT molecular complexity index is 574. The smallest absolute Gasteiger partial charge is 0.191 e. The fourth-order valence-corrected chi connectivity index (χ4v) is 3.47. The second-order valence-electron chi connectivity index (χ2n) is 6.50. The lowest BCUT2D eigenvalue weighted by molar-refractivity contribution is 0.0674. The van der Waals surface area contributed by atoms with Crippen LogP contribution >= 0.6 is 35.6 Å². The molecule has 146 valence electrons. The average molecular weight is 494 g/mol. The molecular formula is C18H29ClIN5O. The minimum atomic E-state index is 0. The summed E-state index contributed by atoms with van der Waals surface area (Å²) in [4.78, 5) is 11.5. The SMILES string of the molecule is I.NC(=NCCCN1CCN(c2cccc(Cl)c2)CC1)N1CCOCC1. The first-order chi connectivity index (χ1) is 12.2. The van der Waals surface area contributed by atoms with Crippen molar-refractivity contribution in [1.82, 2.24) is 9.80 Å². The van der Waals surface area contributed by atoms with Gasteiger partial charge in [0.1, 0.15) is 0 Å². The van der Waals surface area contributed by atoms with Gasteiger partial charge in [-0.25, -0.2) is 0 Å². The van der Waals surface area contributed by atoms with Gasteiger partial charge >= 0.3 is 0 Å². The summed E-state index contributed by atoms with van der Waals surface area (Å²) < 4.78 is 5.33. The fraction of sp³-hybridized carbons (Fsp3) is 0.611. The number of piperazine rings is 1. The van der Waals surface area contributed by atoms with Crippen LogP contribution in [0.3, 0.4) is 0 Å². The molecule has 8 heteroatoms. The normalized spacial score (nSPS) is 19.3. The van der Waals surface area contributed by atoms with Crippen LogP contribution in [0.5, 0.6) is 0 Å². The van der Waals surface area contributed by atoms with Gasteiger partial charge in [-0.3, -0.25) is 9.89 Å². The van der Waals surface area contributed by atoms with Crippen molar-refractivity contribution in [3.63, 3.8) is 0 Å². The average Bonchev–Trinajstić information content (AvgIpc) is 2.66. The van der Waals surface area contributed by atoms with Crippen LogP contribution in [-0.2, 0) is 4.74 Å². The number of guanidine groups is 1. The molecule has 0 radical (unpaired) electrons. The molecule has 2 fully saturated rings. The Labute approximate surface area is 178 Å². The monoisotopic (exact) mass is 493 g/mol. The van der Waals surface area contributed by atoms with E-state index < -0.39 is 0 Å². The molecule has 0 aliphatic carbocycles. The highest BCUT2D eigenvalue weighted by molar-refractivity contribution is 14.0. The van der Waals surface area contributed by atoms with Gasteiger partial charge in [-0.05, 0) is 24.6 Å². The van der Waals surface area contributed by atoms with Crippen LogP contribution in [0.2, 0.25) is 5.02 Å². The van der Waals surface area contributed by atoms with Gasteiger partial charge in [0.2, 0.25) is 0 Å². The molecule has 6 nitrogen and oxygen atoms in total. The zero-order valence-electron chi connectivity index (χ0n) is 15.1. The highest BCUT2D eigenvalue weighted by Gasteiger charge is 2.17. The molecule has 2 heterocycles. The molecule has 2 saturated heterocycles. The lowest BCUT2D eigenvalue weighted by Gasteiger charge is -2.36. The van der Waals surface area contributed by atoms with Gasteiger partial charge in [0.15, 0.2) is 5.96 Å². The van der Waals surface area contributed by atoms with Gasteiger partial charge in [0.05, 0.1) is 13.2 Å². The minimum absolute atomic E-state index is 0. The third-order valence-electron chi connectivity index (χ3n) is 4.79. The fourth-order valence-electron chi connectivity index (χ4n) is 3.28. The van der Waals surface area contributed by atoms with Crippen LogP contribution in [0.4, 0.5) is 5.69 Å². The van der Waals surface area contributed by atoms with Gasteiger partial charge in [-0.15, -0.1) is 24.0 Å². The maximum Gasteiger partial charge on any atom is 0.191 e. The summed E-state index contributed by atoms with van der Waals surface area (Å²) >= 11 is 6.09. The number of ether oxygens (including phenoxy) is 1. The Morgan fingerprint density at radius 1 is 1.12 bits per heavy atom. The maximum atomic E-state index is 6.09. The van der Waals surface area contributed by atoms with E-state index >= 15 is 0 Å². The molecule has 1 aromatic rings. The van der Waals surface area contributed by atoms with Crippen LogP contribution in [0.1, 0.15) is 6.42 Å². The number of rotatable bonds is 5. The number of morpholine rings is 1. The third-order valence-corrected chi connectivity index (χ3v) is 5.02. The molecule has 0 bridgehead atoms. The van der Waals surface area contributed by atoms with Crippen LogP contribution in [0.25, 0.3) is 0 Å². The van der Waals surface area contributed by atoms with Crippen molar-refractivity contribution in [2.75, 3.05) is 70.5 Å². The lowest BCUT2D eigenvalue weighted by Crippen LogP contribution is -2.47. The van der Waals surface area contributed by atoms with Crippen LogP contribution in [0, 0.1) is 0 Å².